The van der Waals surface area contributed by atoms with E-state index in [9.17, 15) is 28.0 Å². The van der Waals surface area contributed by atoms with Crippen LogP contribution in [-0.2, 0) is 0 Å². The molecule has 0 aliphatic carbocycles. The summed E-state index contributed by atoms with van der Waals surface area (Å²) in [6.45, 7) is 23.5. The minimum absolute atomic E-state index is 0.165. The molecule has 2 N–H and O–H groups in total. The molecule has 0 saturated carbocycles. The zero-order valence-electron chi connectivity index (χ0n) is 64.0. The highest BCUT2D eigenvalue weighted by Gasteiger charge is 2.28. The lowest BCUT2D eigenvalue weighted by atomic mass is 10.1. The Morgan fingerprint density at radius 1 is 0.404 bits per heavy atom. The molecule has 0 amide bonds. The normalized spacial score (nSPS) is 17.8. The van der Waals surface area contributed by atoms with Gasteiger partial charge in [-0.05, 0) is 188 Å². The fourth-order valence-electron chi connectivity index (χ4n) is 15.0. The van der Waals surface area contributed by atoms with E-state index in [1.54, 1.807) is 57.9 Å². The number of aromatic nitrogens is 12. The third-order valence-corrected chi connectivity index (χ3v) is 21.4. The van der Waals surface area contributed by atoms with Crippen molar-refractivity contribution in [2.75, 3.05) is 112 Å². The van der Waals surface area contributed by atoms with Gasteiger partial charge >= 0.3 is 22.5 Å². The van der Waals surface area contributed by atoms with Gasteiger partial charge in [0.15, 0.2) is 22.9 Å². The van der Waals surface area contributed by atoms with Crippen molar-refractivity contribution in [3.8, 4) is 45.0 Å². The minimum atomic E-state index is -0.547. The molecule has 28 nitrogen and oxygen atoms in total. The van der Waals surface area contributed by atoms with E-state index < -0.39 is 34.1 Å². The molecule has 4 aliphatic rings. The Bertz CT molecular complexity index is 6630. The average Bonchev–Trinajstić information content (AvgIpc) is 1.29. The number of imidazole rings is 4. The summed E-state index contributed by atoms with van der Waals surface area (Å²) in [5.74, 6) is 2.36. The summed E-state index contributed by atoms with van der Waals surface area (Å²) in [4.78, 5) is 100. The first-order valence-corrected chi connectivity index (χ1v) is 38.0. The van der Waals surface area contributed by atoms with E-state index in [2.05, 4.69) is 122 Å². The Labute approximate surface area is 649 Å². The lowest BCUT2D eigenvalue weighted by Gasteiger charge is -2.38. The number of aryl methyl sites for hydroxylation is 2. The molecule has 4 fully saturated rings. The third-order valence-electron chi connectivity index (χ3n) is 21.4. The smallest absolute Gasteiger partial charge is 0.347 e. The average molecular weight is 1540 g/mol. The lowest BCUT2D eigenvalue weighted by Crippen LogP contribution is -2.50. The number of fused-ring (bicyclic) bond motifs is 8. The van der Waals surface area contributed by atoms with Gasteiger partial charge in [-0.25, -0.2) is 47.9 Å². The highest BCUT2D eigenvalue weighted by molar-refractivity contribution is 5.84. The topological polar surface area (TPSA) is 285 Å². The fraction of sp³-hybridized carbons (Fsp3) is 0.286. The second-order valence-electron chi connectivity index (χ2n) is 29.8. The number of rotatable bonds is 8. The predicted molar refractivity (Wildman–Crippen MR) is 435 cm³/mol. The molecule has 0 unspecified atom stereocenters. The third kappa shape index (κ3) is 15.0. The van der Waals surface area contributed by atoms with E-state index >= 15 is 0 Å². The first-order valence-electron chi connectivity index (χ1n) is 38.0. The highest BCUT2D eigenvalue weighted by atomic mass is 19.1. The van der Waals surface area contributed by atoms with Crippen molar-refractivity contribution in [2.45, 2.75) is 65.7 Å². The largest absolute Gasteiger partial charge is 0.403 e. The molecule has 0 radical (unpaired) electrons. The van der Waals surface area contributed by atoms with Crippen LogP contribution in [0.3, 0.4) is 0 Å². The Balaban J connectivity index is 0.000000110. The molecule has 580 valence electrons. The number of piperazine rings is 4. The van der Waals surface area contributed by atoms with Crippen LogP contribution in [0, 0.1) is 25.5 Å². The zero-order chi connectivity index (χ0) is 78.7. The van der Waals surface area contributed by atoms with Crippen LogP contribution >= 0.6 is 0 Å². The molecular weight excluding hydrogens is 1460 g/mol. The maximum absolute atomic E-state index is 13.9. The second kappa shape index (κ2) is 30.6. The van der Waals surface area contributed by atoms with E-state index in [1.807, 2.05) is 132 Å². The molecule has 114 heavy (non-hydrogen) atoms. The number of halogens is 2. The molecule has 30 heteroatoms. The summed E-state index contributed by atoms with van der Waals surface area (Å²) >= 11 is 0. The van der Waals surface area contributed by atoms with Crippen LogP contribution in [-0.4, -0.2) is 184 Å². The van der Waals surface area contributed by atoms with E-state index in [0.717, 1.165) is 135 Å². The van der Waals surface area contributed by atoms with Crippen LogP contribution in [0.2, 0.25) is 0 Å². The number of hydrogen-bond donors (Lipinski definition) is 2. The van der Waals surface area contributed by atoms with Crippen LogP contribution in [0.1, 0.15) is 38.8 Å². The summed E-state index contributed by atoms with van der Waals surface area (Å²) in [6, 6.07) is 37.9. The number of anilines is 4. The standard InChI is InChI=1S/2C22H23N5O2.2C20H18FN5O2/c1-14-6-7-26-13-18(23-20(26)10-14)17-11-16-4-5-19(24-21(16)29-22(17)28)27-9-8-25(3)15(2)12-27;1-14-6-7-26-13-18(23-20(26)10-14)17-11-16-4-5-19(24-21(16)29-22(17)28)27-9-8-25(3)12-15(27)2;1-12-10-25(8-6-22-12)17-5-4-13-9-14(20(27)28-19(13)24-17)16-11-26-7-2-3-15(21)18(26)23-16;1-12-10-22-6-8-26(12)17-5-4-13-9-14(20(27)28-19(13)24-17)16-11-25-7-2-3-15(21)18(25)23-16/h2*4-7,10-11,13,15H,8-9,12H2,1-3H3;2*2-5,7,9,11-12,22H,6,8,10H2,1H3/t2*15-;2*12-/m0000/s1. The molecule has 0 aromatic carbocycles. The first kappa shape index (κ1) is 73.9. The molecule has 16 aromatic rings. The summed E-state index contributed by atoms with van der Waals surface area (Å²) in [5.41, 5.74) is 6.91. The van der Waals surface area contributed by atoms with Gasteiger partial charge in [-0.1, -0.05) is 0 Å². The molecule has 20 heterocycles. The summed E-state index contributed by atoms with van der Waals surface area (Å²) in [6.07, 6.45) is 14.2. The fourth-order valence-corrected chi connectivity index (χ4v) is 15.0. The van der Waals surface area contributed by atoms with E-state index in [0.29, 0.717) is 80.3 Å². The molecule has 4 atom stereocenters. The van der Waals surface area contributed by atoms with Gasteiger partial charge in [-0.15, -0.1) is 0 Å². The van der Waals surface area contributed by atoms with Gasteiger partial charge in [-0.3, -0.25) is 0 Å². The number of likely N-dealkylation sites (N-methyl/N-ethyl adjacent to an activating group) is 2. The number of pyridine rings is 8. The number of nitrogens with zero attached hydrogens (tertiary/aromatic N) is 18. The monoisotopic (exact) mass is 1540 g/mol. The van der Waals surface area contributed by atoms with Gasteiger partial charge in [0.05, 0.1) is 45.0 Å². The Hall–Kier alpha value is -12.9. The quantitative estimate of drug-likeness (QED) is 0.143. The minimum Gasteiger partial charge on any atom is -0.403 e. The maximum Gasteiger partial charge on any atom is 0.347 e. The Morgan fingerprint density at radius 2 is 0.833 bits per heavy atom. The van der Waals surface area contributed by atoms with Gasteiger partial charge in [0, 0.05) is 174 Å². The van der Waals surface area contributed by atoms with E-state index in [1.165, 1.54) is 12.1 Å². The van der Waals surface area contributed by atoms with E-state index in [-0.39, 0.29) is 33.8 Å². The number of hydrogen-bond acceptors (Lipinski definition) is 24. The SMILES string of the molecule is C[C@H]1CN(c2ccc3cc(-c4cn5cccc(F)c5n4)c(=O)oc3n2)CCN1.C[C@H]1CNCCN1c1ccc2cc(-c3cn4cccc(F)c4n3)c(=O)oc2n1.Cc1ccn2cc(-c3cc4ccc(N5CCN(C)C[C@@H]5C)nc4oc3=O)nc2c1.Cc1ccn2cc(-c3cc4ccc(N5CCN(C)[C@@H](C)C5)nc4oc3=O)nc2c1. The van der Waals surface area contributed by atoms with Crippen molar-refractivity contribution in [1.82, 2.24) is 77.9 Å². The molecular formula is C84H82F2N20O8. The summed E-state index contributed by atoms with van der Waals surface area (Å²) in [5, 5.41) is 9.70. The molecule has 16 aromatic heterocycles. The summed E-state index contributed by atoms with van der Waals surface area (Å²) in [7, 11) is 4.26. The van der Waals surface area contributed by atoms with Crippen molar-refractivity contribution in [1.29, 1.82) is 0 Å². The van der Waals surface area contributed by atoms with Crippen molar-refractivity contribution < 1.29 is 26.4 Å². The van der Waals surface area contributed by atoms with Crippen LogP contribution in [0.5, 0.6) is 0 Å². The van der Waals surface area contributed by atoms with Gasteiger partial charge in [-0.2, -0.15) is 19.9 Å². The first-order chi connectivity index (χ1) is 55.1. The van der Waals surface area contributed by atoms with Gasteiger partial charge in [0.1, 0.15) is 34.6 Å². The van der Waals surface area contributed by atoms with Crippen LogP contribution in [0.25, 0.3) is 112 Å². The van der Waals surface area contributed by atoms with Crippen LogP contribution in [0.4, 0.5) is 32.1 Å². The van der Waals surface area contributed by atoms with Gasteiger partial charge in [0.2, 0.25) is 22.9 Å². The molecule has 0 spiro atoms. The van der Waals surface area contributed by atoms with Crippen molar-refractivity contribution in [2.24, 2.45) is 0 Å². The molecule has 0 bridgehead atoms. The van der Waals surface area contributed by atoms with Crippen molar-refractivity contribution in [3.63, 3.8) is 0 Å². The van der Waals surface area contributed by atoms with Gasteiger partial charge < -0.3 is 75.3 Å². The molecule has 4 aliphatic heterocycles. The lowest BCUT2D eigenvalue weighted by molar-refractivity contribution is 0.233. The van der Waals surface area contributed by atoms with Crippen molar-refractivity contribution in [3.05, 3.63) is 235 Å². The predicted octanol–water partition coefficient (Wildman–Crippen LogP) is 10.8. The zero-order valence-corrected chi connectivity index (χ0v) is 64.0. The van der Waals surface area contributed by atoms with E-state index in [4.69, 9.17) is 17.7 Å². The van der Waals surface area contributed by atoms with Gasteiger partial charge in [0.25, 0.3) is 0 Å². The Morgan fingerprint density at radius 3 is 1.27 bits per heavy atom. The highest BCUT2D eigenvalue weighted by Crippen LogP contribution is 2.31. The van der Waals surface area contributed by atoms with Crippen molar-refractivity contribution >= 4 is 90.3 Å². The van der Waals surface area contributed by atoms with Crippen LogP contribution in [0.15, 0.2) is 208 Å². The number of nitrogens with one attached hydrogen (secondary N) is 2. The summed E-state index contributed by atoms with van der Waals surface area (Å²) < 4.78 is 56.9. The Kier molecular flexibility index (Phi) is 19.9. The molecule has 20 rings (SSSR count). The van der Waals surface area contributed by atoms with Crippen LogP contribution < -0.4 is 52.7 Å². The molecule has 4 saturated heterocycles. The second-order valence-corrected chi connectivity index (χ2v) is 29.8. The maximum atomic E-state index is 13.9.